The minimum Gasteiger partial charge on any atom is -0.394 e. The van der Waals surface area contributed by atoms with E-state index in [1.165, 1.54) is 0 Å². The number of aromatic nitrogens is 1. The molecule has 1 heterocycles. The number of aliphatic hydroxyl groups excluding tert-OH is 1. The first-order valence-electron chi connectivity index (χ1n) is 6.08. The lowest BCUT2D eigenvalue weighted by molar-refractivity contribution is 0.0879. The number of nitrogens with one attached hydrogen (secondary N) is 1. The van der Waals surface area contributed by atoms with E-state index >= 15 is 0 Å². The highest BCUT2D eigenvalue weighted by molar-refractivity contribution is 5.91. The molecule has 19 heavy (non-hydrogen) atoms. The van der Waals surface area contributed by atoms with Crippen LogP contribution in [0.15, 0.2) is 40.9 Å². The normalized spacial score (nSPS) is 12.1. The molecule has 0 aliphatic rings. The summed E-state index contributed by atoms with van der Waals surface area (Å²) < 4.78 is 4.88. The lowest BCUT2D eigenvalue weighted by atomic mass is 10.1. The van der Waals surface area contributed by atoms with Crippen LogP contribution in [0.25, 0.3) is 0 Å². The summed E-state index contributed by atoms with van der Waals surface area (Å²) in [5, 5.41) is 15.7. The van der Waals surface area contributed by atoms with Gasteiger partial charge in [0.05, 0.1) is 18.3 Å². The summed E-state index contributed by atoms with van der Waals surface area (Å²) in [5.74, 6) is -0.209. The third-order valence-corrected chi connectivity index (χ3v) is 2.73. The molecule has 0 aliphatic heterocycles. The smallest absolute Gasteiger partial charge is 0.290 e. The lowest BCUT2D eigenvalue weighted by Gasteiger charge is -2.15. The zero-order valence-electron chi connectivity index (χ0n) is 10.7. The number of hydrogen-bond acceptors (Lipinski definition) is 4. The van der Waals surface area contributed by atoms with E-state index in [1.54, 1.807) is 13.0 Å². The summed E-state index contributed by atoms with van der Waals surface area (Å²) in [6.07, 6.45) is 0.566. The molecule has 1 atom stereocenters. The molecule has 0 fully saturated rings. The van der Waals surface area contributed by atoms with Gasteiger partial charge in [-0.1, -0.05) is 35.5 Å². The molecule has 0 saturated carbocycles. The highest BCUT2D eigenvalue weighted by Crippen LogP contribution is 2.06. The van der Waals surface area contributed by atoms with Crippen LogP contribution >= 0.6 is 0 Å². The Morgan fingerprint density at radius 1 is 1.42 bits per heavy atom. The van der Waals surface area contributed by atoms with Crippen LogP contribution in [0.1, 0.15) is 21.8 Å². The van der Waals surface area contributed by atoms with E-state index in [1.807, 2.05) is 30.3 Å². The highest BCUT2D eigenvalue weighted by atomic mass is 16.5. The number of carbonyl (C=O) groups excluding carboxylic acids is 1. The number of aryl methyl sites for hydroxylation is 1. The van der Waals surface area contributed by atoms with Gasteiger partial charge >= 0.3 is 0 Å². The Kier molecular flexibility index (Phi) is 4.30. The van der Waals surface area contributed by atoms with Crippen molar-refractivity contribution in [2.75, 3.05) is 6.61 Å². The Labute approximate surface area is 111 Å². The monoisotopic (exact) mass is 260 g/mol. The number of rotatable bonds is 5. The average Bonchev–Trinajstić information content (AvgIpc) is 2.86. The SMILES string of the molecule is Cc1cc(C(=O)N[C@@H](CO)Cc2ccccc2)on1. The summed E-state index contributed by atoms with van der Waals surface area (Å²) in [4.78, 5) is 11.9. The molecule has 0 saturated heterocycles. The molecule has 2 N–H and O–H groups in total. The van der Waals surface area contributed by atoms with Gasteiger partial charge in [-0.15, -0.1) is 0 Å². The van der Waals surface area contributed by atoms with Crippen LogP contribution in [0, 0.1) is 6.92 Å². The molecule has 1 aromatic heterocycles. The number of benzene rings is 1. The highest BCUT2D eigenvalue weighted by Gasteiger charge is 2.16. The van der Waals surface area contributed by atoms with Gasteiger partial charge in [0.1, 0.15) is 0 Å². The molecular formula is C14H16N2O3. The third-order valence-electron chi connectivity index (χ3n) is 2.73. The van der Waals surface area contributed by atoms with Crippen molar-refractivity contribution in [2.24, 2.45) is 0 Å². The van der Waals surface area contributed by atoms with E-state index in [0.29, 0.717) is 12.1 Å². The summed E-state index contributed by atoms with van der Waals surface area (Å²) in [6, 6.07) is 10.9. The van der Waals surface area contributed by atoms with E-state index in [0.717, 1.165) is 5.56 Å². The lowest BCUT2D eigenvalue weighted by Crippen LogP contribution is -2.38. The molecule has 5 nitrogen and oxygen atoms in total. The summed E-state index contributed by atoms with van der Waals surface area (Å²) in [5.41, 5.74) is 1.70. The predicted octanol–water partition coefficient (Wildman–Crippen LogP) is 1.32. The van der Waals surface area contributed by atoms with Gasteiger partial charge in [-0.3, -0.25) is 4.79 Å². The third kappa shape index (κ3) is 3.66. The van der Waals surface area contributed by atoms with Crippen LogP contribution in [-0.4, -0.2) is 28.8 Å². The van der Waals surface area contributed by atoms with Gasteiger partial charge in [0.2, 0.25) is 5.76 Å². The minimum absolute atomic E-state index is 0.131. The predicted molar refractivity (Wildman–Crippen MR) is 69.7 cm³/mol. The molecule has 1 amide bonds. The fraction of sp³-hybridized carbons (Fsp3) is 0.286. The minimum atomic E-state index is -0.365. The van der Waals surface area contributed by atoms with E-state index in [9.17, 15) is 9.90 Å². The average molecular weight is 260 g/mol. The summed E-state index contributed by atoms with van der Waals surface area (Å²) >= 11 is 0. The fourth-order valence-electron chi connectivity index (χ4n) is 1.79. The molecular weight excluding hydrogens is 244 g/mol. The molecule has 5 heteroatoms. The molecule has 1 aromatic carbocycles. The van der Waals surface area contributed by atoms with E-state index in [-0.39, 0.29) is 24.3 Å². The van der Waals surface area contributed by atoms with Crippen molar-refractivity contribution in [3.05, 3.63) is 53.4 Å². The first-order chi connectivity index (χ1) is 9.19. The number of hydrogen-bond donors (Lipinski definition) is 2. The van der Waals surface area contributed by atoms with Crippen LogP contribution in [0.2, 0.25) is 0 Å². The van der Waals surface area contributed by atoms with Crippen LogP contribution in [0.4, 0.5) is 0 Å². The Morgan fingerprint density at radius 2 is 2.16 bits per heavy atom. The molecule has 0 unspecified atom stereocenters. The Hall–Kier alpha value is -2.14. The second-order valence-electron chi connectivity index (χ2n) is 4.38. The number of carbonyl (C=O) groups is 1. The Balaban J connectivity index is 1.97. The number of nitrogens with zero attached hydrogens (tertiary/aromatic N) is 1. The Morgan fingerprint density at radius 3 is 2.74 bits per heavy atom. The van der Waals surface area contributed by atoms with Gasteiger partial charge in [-0.2, -0.15) is 0 Å². The number of aliphatic hydroxyl groups is 1. The Bertz CT molecular complexity index is 537. The van der Waals surface area contributed by atoms with Crippen LogP contribution in [0.3, 0.4) is 0 Å². The molecule has 0 radical (unpaired) electrons. The quantitative estimate of drug-likeness (QED) is 0.850. The first kappa shape index (κ1) is 13.3. The van der Waals surface area contributed by atoms with Crippen molar-refractivity contribution in [2.45, 2.75) is 19.4 Å². The standard InChI is InChI=1S/C14H16N2O3/c1-10-7-13(19-16-10)14(18)15-12(9-17)8-11-5-3-2-4-6-11/h2-7,12,17H,8-9H2,1H3,(H,15,18)/t12-/m1/s1. The van der Waals surface area contributed by atoms with E-state index in [2.05, 4.69) is 10.5 Å². The first-order valence-corrected chi connectivity index (χ1v) is 6.08. The van der Waals surface area contributed by atoms with Gasteiger partial charge in [0.25, 0.3) is 5.91 Å². The second-order valence-corrected chi connectivity index (χ2v) is 4.38. The number of amides is 1. The summed E-state index contributed by atoms with van der Waals surface area (Å²) in [7, 11) is 0. The van der Waals surface area contributed by atoms with Gasteiger partial charge in [-0.05, 0) is 18.9 Å². The molecule has 2 aromatic rings. The van der Waals surface area contributed by atoms with Crippen LogP contribution < -0.4 is 5.32 Å². The zero-order valence-corrected chi connectivity index (χ0v) is 10.7. The van der Waals surface area contributed by atoms with Crippen molar-refractivity contribution in [3.8, 4) is 0 Å². The van der Waals surface area contributed by atoms with Gasteiger partial charge in [0, 0.05) is 6.07 Å². The zero-order chi connectivity index (χ0) is 13.7. The summed E-state index contributed by atoms with van der Waals surface area (Å²) in [6.45, 7) is 1.61. The van der Waals surface area contributed by atoms with Gasteiger partial charge in [0.15, 0.2) is 0 Å². The maximum absolute atomic E-state index is 11.9. The van der Waals surface area contributed by atoms with Crippen molar-refractivity contribution < 1.29 is 14.4 Å². The molecule has 0 bridgehead atoms. The molecule has 0 spiro atoms. The van der Waals surface area contributed by atoms with Crippen molar-refractivity contribution >= 4 is 5.91 Å². The largest absolute Gasteiger partial charge is 0.394 e. The maximum atomic E-state index is 11.9. The van der Waals surface area contributed by atoms with Crippen LogP contribution in [-0.2, 0) is 6.42 Å². The van der Waals surface area contributed by atoms with Crippen molar-refractivity contribution in [3.63, 3.8) is 0 Å². The molecule has 100 valence electrons. The van der Waals surface area contributed by atoms with E-state index in [4.69, 9.17) is 4.52 Å². The van der Waals surface area contributed by atoms with Gasteiger partial charge < -0.3 is 14.9 Å². The van der Waals surface area contributed by atoms with Crippen LogP contribution in [0.5, 0.6) is 0 Å². The van der Waals surface area contributed by atoms with Gasteiger partial charge in [-0.25, -0.2) is 0 Å². The molecule has 2 rings (SSSR count). The van der Waals surface area contributed by atoms with E-state index < -0.39 is 0 Å². The topological polar surface area (TPSA) is 75.4 Å². The molecule has 0 aliphatic carbocycles. The fourth-order valence-corrected chi connectivity index (χ4v) is 1.79. The second kappa shape index (κ2) is 6.15. The van der Waals surface area contributed by atoms with Crippen molar-refractivity contribution in [1.82, 2.24) is 10.5 Å². The van der Waals surface area contributed by atoms with Crippen molar-refractivity contribution in [1.29, 1.82) is 0 Å². The maximum Gasteiger partial charge on any atom is 0.290 e.